The number of aryl methyl sites for hydroxylation is 4. The number of nitrogens with zero attached hydrogens (tertiary/aromatic N) is 3. The van der Waals surface area contributed by atoms with Crippen LogP contribution in [0.2, 0.25) is 0 Å². The highest BCUT2D eigenvalue weighted by Crippen LogP contribution is 2.68. The minimum atomic E-state index is -0.418. The summed E-state index contributed by atoms with van der Waals surface area (Å²) in [6, 6.07) is 64.0. The highest BCUT2D eigenvalue weighted by molar-refractivity contribution is 6.01. The van der Waals surface area contributed by atoms with Crippen LogP contribution in [0.3, 0.4) is 0 Å². The number of benzene rings is 9. The van der Waals surface area contributed by atoms with E-state index in [2.05, 4.69) is 275 Å². The Kier molecular flexibility index (Phi) is 9.43. The first-order chi connectivity index (χ1) is 36.1. The molecule has 3 heterocycles. The smallest absolute Gasteiger partial charge is 0.0545 e. The van der Waals surface area contributed by atoms with Gasteiger partial charge in [0.2, 0.25) is 0 Å². The normalized spacial score (nSPS) is 17.1. The van der Waals surface area contributed by atoms with Crippen LogP contribution in [0.5, 0.6) is 0 Å². The van der Waals surface area contributed by atoms with Gasteiger partial charge in [0.05, 0.1) is 17.1 Å². The van der Waals surface area contributed by atoms with Gasteiger partial charge in [-0.15, -0.1) is 0 Å². The topological polar surface area (TPSA) is 9.72 Å². The molecule has 76 heavy (non-hydrogen) atoms. The minimum absolute atomic E-state index is 0.0863. The summed E-state index contributed by atoms with van der Waals surface area (Å²) in [5.74, 6) is 0. The number of anilines is 9. The lowest BCUT2D eigenvalue weighted by Crippen LogP contribution is -2.44. The van der Waals surface area contributed by atoms with Crippen molar-refractivity contribution >= 4 is 51.2 Å². The summed E-state index contributed by atoms with van der Waals surface area (Å²) in [6.07, 6.45) is 0. The van der Waals surface area contributed by atoms with Crippen LogP contribution >= 0.6 is 0 Å². The summed E-state index contributed by atoms with van der Waals surface area (Å²) < 4.78 is 0. The average Bonchev–Trinajstić information content (AvgIpc) is 3.12. The highest BCUT2D eigenvalue weighted by Gasteiger charge is 2.53. The molecule has 14 rings (SSSR count). The molecule has 0 radical (unpaired) electrons. The van der Waals surface area contributed by atoms with Gasteiger partial charge in [-0.1, -0.05) is 160 Å². The van der Waals surface area contributed by atoms with Crippen molar-refractivity contribution in [2.75, 3.05) is 14.7 Å². The first-order valence-electron chi connectivity index (χ1n) is 27.7. The van der Waals surface area contributed by atoms with Gasteiger partial charge in [0.1, 0.15) is 0 Å². The fraction of sp³-hybridized carbons (Fsp3) is 0.260. The Morgan fingerprint density at radius 1 is 0.250 bits per heavy atom. The molecule has 3 aliphatic heterocycles. The zero-order valence-electron chi connectivity index (χ0n) is 46.9. The summed E-state index contributed by atoms with van der Waals surface area (Å²) >= 11 is 0. The molecular formula is C73H69N3. The fourth-order valence-corrected chi connectivity index (χ4v) is 14.8. The van der Waals surface area contributed by atoms with Crippen molar-refractivity contribution in [1.29, 1.82) is 0 Å². The van der Waals surface area contributed by atoms with E-state index >= 15 is 0 Å². The van der Waals surface area contributed by atoms with E-state index in [1.165, 1.54) is 151 Å². The Bertz CT molecular complexity index is 4040. The molecule has 3 heteroatoms. The van der Waals surface area contributed by atoms with Crippen molar-refractivity contribution in [3.63, 3.8) is 0 Å². The van der Waals surface area contributed by atoms with Gasteiger partial charge in [-0.25, -0.2) is 0 Å². The minimum Gasteiger partial charge on any atom is -0.310 e. The zero-order valence-corrected chi connectivity index (χ0v) is 46.9. The lowest BCUT2D eigenvalue weighted by molar-refractivity contribution is 0.567. The highest BCUT2D eigenvalue weighted by atomic mass is 15.2. The van der Waals surface area contributed by atoms with E-state index in [1.54, 1.807) is 0 Å². The Hall–Kier alpha value is -7.62. The third-order valence-corrected chi connectivity index (χ3v) is 19.6. The molecule has 0 aromatic heterocycles. The second kappa shape index (κ2) is 15.3. The van der Waals surface area contributed by atoms with Crippen molar-refractivity contribution in [2.24, 2.45) is 0 Å². The Labute approximate surface area is 451 Å². The van der Waals surface area contributed by atoms with Crippen molar-refractivity contribution < 1.29 is 0 Å². The predicted molar refractivity (Wildman–Crippen MR) is 321 cm³/mol. The summed E-state index contributed by atoms with van der Waals surface area (Å²) in [5.41, 5.74) is 34.0. The molecule has 2 aliphatic carbocycles. The molecule has 5 aliphatic rings. The molecule has 0 unspecified atom stereocenters. The van der Waals surface area contributed by atoms with E-state index in [0.717, 1.165) is 0 Å². The van der Waals surface area contributed by atoms with Gasteiger partial charge in [0.25, 0.3) is 0 Å². The third kappa shape index (κ3) is 6.06. The van der Waals surface area contributed by atoms with E-state index in [1.807, 2.05) is 0 Å². The van der Waals surface area contributed by atoms with Crippen LogP contribution in [0.1, 0.15) is 147 Å². The van der Waals surface area contributed by atoms with Crippen molar-refractivity contribution in [3.8, 4) is 22.3 Å². The summed E-state index contributed by atoms with van der Waals surface area (Å²) in [4.78, 5) is 7.84. The second-order valence-corrected chi connectivity index (χ2v) is 25.7. The first-order valence-corrected chi connectivity index (χ1v) is 27.7. The molecule has 9 aromatic rings. The number of hydrogen-bond donors (Lipinski definition) is 0. The van der Waals surface area contributed by atoms with Crippen LogP contribution in [0.4, 0.5) is 51.2 Å². The molecule has 9 aromatic carbocycles. The van der Waals surface area contributed by atoms with Crippen LogP contribution in [-0.2, 0) is 27.1 Å². The van der Waals surface area contributed by atoms with Gasteiger partial charge < -0.3 is 14.7 Å². The lowest BCUT2D eigenvalue weighted by atomic mass is 9.60. The largest absolute Gasteiger partial charge is 0.310 e. The molecular weight excluding hydrogens is 919 g/mol. The average molecular weight is 988 g/mol. The molecule has 0 bridgehead atoms. The quantitative estimate of drug-likeness (QED) is 0.164. The predicted octanol–water partition coefficient (Wildman–Crippen LogP) is 19.9. The van der Waals surface area contributed by atoms with Crippen LogP contribution in [0, 0.1) is 27.7 Å². The van der Waals surface area contributed by atoms with Crippen LogP contribution in [-0.4, -0.2) is 0 Å². The van der Waals surface area contributed by atoms with Crippen LogP contribution in [0.25, 0.3) is 22.3 Å². The van der Waals surface area contributed by atoms with E-state index in [9.17, 15) is 0 Å². The second-order valence-electron chi connectivity index (χ2n) is 25.7. The van der Waals surface area contributed by atoms with Gasteiger partial charge in [0.15, 0.2) is 0 Å². The molecule has 0 saturated heterocycles. The lowest BCUT2D eigenvalue weighted by Gasteiger charge is -2.55. The van der Waals surface area contributed by atoms with Gasteiger partial charge >= 0.3 is 0 Å². The molecule has 0 amide bonds. The van der Waals surface area contributed by atoms with E-state index in [0.29, 0.717) is 0 Å². The molecule has 376 valence electrons. The van der Waals surface area contributed by atoms with E-state index in [-0.39, 0.29) is 21.7 Å². The van der Waals surface area contributed by atoms with Crippen molar-refractivity contribution in [1.82, 2.24) is 0 Å². The maximum absolute atomic E-state index is 2.72. The van der Waals surface area contributed by atoms with Crippen molar-refractivity contribution in [2.45, 2.75) is 124 Å². The van der Waals surface area contributed by atoms with Gasteiger partial charge in [0, 0.05) is 61.2 Å². The third-order valence-electron chi connectivity index (χ3n) is 19.6. The number of hydrogen-bond acceptors (Lipinski definition) is 3. The van der Waals surface area contributed by atoms with Gasteiger partial charge in [-0.3, -0.25) is 0 Å². The van der Waals surface area contributed by atoms with Gasteiger partial charge in [-0.2, -0.15) is 0 Å². The maximum Gasteiger partial charge on any atom is 0.0545 e. The van der Waals surface area contributed by atoms with Crippen molar-refractivity contribution in [3.05, 3.63) is 242 Å². The molecule has 3 nitrogen and oxygen atoms in total. The zero-order chi connectivity index (χ0) is 52.9. The van der Waals surface area contributed by atoms with Gasteiger partial charge in [-0.05, 0) is 201 Å². The first kappa shape index (κ1) is 46.9. The summed E-state index contributed by atoms with van der Waals surface area (Å²) in [6.45, 7) is 33.4. The monoisotopic (exact) mass is 988 g/mol. The van der Waals surface area contributed by atoms with E-state index < -0.39 is 5.41 Å². The number of para-hydroxylation sites is 1. The Morgan fingerprint density at radius 3 is 1.08 bits per heavy atom. The molecule has 0 atom stereocenters. The molecule has 0 spiro atoms. The standard InChI is InChI=1S/C73H69N3/c1-42-26-28-46(34-44(42)3)74(48-31-33-58-55(36-48)53-21-16-18-23-57(53)69(58,5)6)50-38-62-67-64(40-50)73(13,14)65-41-51(39-63-68(65)76(67)66-59(71(62,9)10)24-19-25-60(66)72(63,11)12)75(47-29-27-43(2)45(4)35-47)49-30-32-54-52-20-15-17-22-56(52)70(7,8)61(54)37-49/h15-41H,1-14H3. The SMILES string of the molecule is Cc1ccc(N(c2ccc3c(c2)-c2ccccc2C3(C)C)c2cc3c4c(c2)C(C)(C)c2cc(N(c5ccc(C)c(C)c5)c5ccc6c(c5)C(C)(C)c5ccccc5-6)cc5c2N4c2c(cccc2C5(C)C)C3(C)C)cc1C. The van der Waals surface area contributed by atoms with Crippen LogP contribution < -0.4 is 14.7 Å². The molecule has 0 fully saturated rings. The summed E-state index contributed by atoms with van der Waals surface area (Å²) in [7, 11) is 0. The van der Waals surface area contributed by atoms with E-state index in [4.69, 9.17) is 0 Å². The fourth-order valence-electron chi connectivity index (χ4n) is 14.8. The molecule has 0 saturated carbocycles. The number of fused-ring (bicyclic) bond motifs is 6. The maximum atomic E-state index is 2.72. The molecule has 0 N–H and O–H groups in total. The number of rotatable bonds is 6. The Balaban J connectivity index is 1.03. The Morgan fingerprint density at radius 2 is 0.579 bits per heavy atom. The summed E-state index contributed by atoms with van der Waals surface area (Å²) in [5, 5.41) is 0. The van der Waals surface area contributed by atoms with Crippen LogP contribution in [0.15, 0.2) is 164 Å².